The zero-order valence-corrected chi connectivity index (χ0v) is 22.1. The highest BCUT2D eigenvalue weighted by atomic mass is 19.1. The first-order valence-corrected chi connectivity index (χ1v) is 13.3. The van der Waals surface area contributed by atoms with Gasteiger partial charge in [-0.05, 0) is 54.3 Å². The number of aromatic nitrogens is 3. The van der Waals surface area contributed by atoms with Crippen molar-refractivity contribution >= 4 is 17.3 Å². The molecule has 198 valence electrons. The third kappa shape index (κ3) is 5.02. The number of aliphatic imine (C=N–C) groups is 1. The van der Waals surface area contributed by atoms with Gasteiger partial charge in [0.1, 0.15) is 24.0 Å². The van der Waals surface area contributed by atoms with Crippen molar-refractivity contribution in [2.75, 3.05) is 18.9 Å². The molecule has 39 heavy (non-hydrogen) atoms. The van der Waals surface area contributed by atoms with Crippen molar-refractivity contribution in [1.29, 1.82) is 0 Å². The standard InChI is InChI=1S/C31H31FN6O/c1-3-22-10-11-34-20(2)27(14-21-4-7-26(32)8-5-21)30(22)37-12-13-39-28-9-6-23(15-24(28)17-37)25-16-35-31-36-29(33)19-38(31)18-25/h4-11,15-16,18-19,22H,3,12-14,17,33H2,1-2H3. The van der Waals surface area contributed by atoms with Gasteiger partial charge in [-0.25, -0.2) is 9.37 Å². The quantitative estimate of drug-likeness (QED) is 0.357. The predicted octanol–water partition coefficient (Wildman–Crippen LogP) is 5.82. The van der Waals surface area contributed by atoms with Gasteiger partial charge in [-0.2, -0.15) is 4.98 Å². The monoisotopic (exact) mass is 522 g/mol. The highest BCUT2D eigenvalue weighted by Gasteiger charge is 2.27. The number of ether oxygens (including phenoxy) is 1. The van der Waals surface area contributed by atoms with Crippen molar-refractivity contribution in [2.45, 2.75) is 33.2 Å². The summed E-state index contributed by atoms with van der Waals surface area (Å²) in [7, 11) is 0. The lowest BCUT2D eigenvalue weighted by atomic mass is 9.91. The maximum absolute atomic E-state index is 13.6. The Balaban J connectivity index is 1.39. The second kappa shape index (κ2) is 10.4. The minimum atomic E-state index is -0.227. The fourth-order valence-electron chi connectivity index (χ4n) is 5.45. The van der Waals surface area contributed by atoms with E-state index < -0.39 is 0 Å². The number of hydrogen-bond donors (Lipinski definition) is 1. The van der Waals surface area contributed by atoms with Crippen LogP contribution >= 0.6 is 0 Å². The zero-order chi connectivity index (χ0) is 26.9. The smallest absolute Gasteiger partial charge is 0.235 e. The number of fused-ring (bicyclic) bond motifs is 2. The number of rotatable bonds is 5. The number of allylic oxidation sites excluding steroid dienone is 2. The molecule has 0 saturated carbocycles. The molecule has 0 radical (unpaired) electrons. The molecule has 2 aliphatic heterocycles. The van der Waals surface area contributed by atoms with Gasteiger partial charge < -0.3 is 15.4 Å². The predicted molar refractivity (Wildman–Crippen MR) is 152 cm³/mol. The Morgan fingerprint density at radius 3 is 2.77 bits per heavy atom. The third-order valence-corrected chi connectivity index (χ3v) is 7.46. The Hall–Kier alpha value is -4.46. The van der Waals surface area contributed by atoms with E-state index in [1.165, 1.54) is 23.4 Å². The molecule has 1 unspecified atom stereocenters. The van der Waals surface area contributed by atoms with E-state index in [9.17, 15) is 4.39 Å². The van der Waals surface area contributed by atoms with Crippen LogP contribution in [0.2, 0.25) is 0 Å². The first kappa shape index (κ1) is 24.9. The fraction of sp³-hybridized carbons (Fsp3) is 0.258. The lowest BCUT2D eigenvalue weighted by molar-refractivity contribution is 0.249. The average molecular weight is 523 g/mol. The Bertz CT molecular complexity index is 1620. The van der Waals surface area contributed by atoms with E-state index in [2.05, 4.69) is 46.9 Å². The lowest BCUT2D eigenvalue weighted by Crippen LogP contribution is -2.31. The highest BCUT2D eigenvalue weighted by Crippen LogP contribution is 2.35. The van der Waals surface area contributed by atoms with Gasteiger partial charge in [0.2, 0.25) is 5.78 Å². The maximum Gasteiger partial charge on any atom is 0.235 e. The minimum Gasteiger partial charge on any atom is -0.491 e. The number of hydrogen-bond acceptors (Lipinski definition) is 6. The summed E-state index contributed by atoms with van der Waals surface area (Å²) in [6.07, 6.45) is 11.3. The normalized spacial score (nSPS) is 17.5. The average Bonchev–Trinajstić information content (AvgIpc) is 3.08. The molecule has 2 N–H and O–H groups in total. The molecule has 8 heteroatoms. The summed E-state index contributed by atoms with van der Waals surface area (Å²) < 4.78 is 21.7. The molecule has 0 spiro atoms. The molecule has 0 aliphatic carbocycles. The van der Waals surface area contributed by atoms with Crippen LogP contribution in [-0.2, 0) is 13.0 Å². The molecule has 2 aliphatic rings. The van der Waals surface area contributed by atoms with E-state index in [0.717, 1.165) is 46.7 Å². The van der Waals surface area contributed by atoms with Gasteiger partial charge >= 0.3 is 0 Å². The van der Waals surface area contributed by atoms with Crippen LogP contribution in [0.3, 0.4) is 0 Å². The number of benzene rings is 2. The summed E-state index contributed by atoms with van der Waals surface area (Å²) in [5.41, 5.74) is 13.5. The molecule has 0 bridgehead atoms. The Labute approximate surface area is 227 Å². The molecule has 0 saturated heterocycles. The Morgan fingerprint density at radius 1 is 1.10 bits per heavy atom. The third-order valence-electron chi connectivity index (χ3n) is 7.46. The molecular formula is C31H31FN6O. The summed E-state index contributed by atoms with van der Waals surface area (Å²) in [6.45, 7) is 6.31. The van der Waals surface area contributed by atoms with Crippen LogP contribution < -0.4 is 10.5 Å². The Morgan fingerprint density at radius 2 is 1.95 bits per heavy atom. The molecule has 6 rings (SSSR count). The zero-order valence-electron chi connectivity index (χ0n) is 22.1. The van der Waals surface area contributed by atoms with Crippen LogP contribution in [-0.4, -0.2) is 38.1 Å². The van der Waals surface area contributed by atoms with Gasteiger partial charge in [0.25, 0.3) is 0 Å². The van der Waals surface area contributed by atoms with Gasteiger partial charge in [-0.3, -0.25) is 9.39 Å². The van der Waals surface area contributed by atoms with Gasteiger partial charge in [-0.1, -0.05) is 31.2 Å². The van der Waals surface area contributed by atoms with Crippen molar-refractivity contribution in [2.24, 2.45) is 10.9 Å². The van der Waals surface area contributed by atoms with Gasteiger partial charge in [0.05, 0.1) is 12.7 Å². The van der Waals surface area contributed by atoms with E-state index in [4.69, 9.17) is 15.5 Å². The van der Waals surface area contributed by atoms with E-state index in [1.54, 1.807) is 6.20 Å². The molecule has 1 atom stereocenters. The van der Waals surface area contributed by atoms with Crippen molar-refractivity contribution < 1.29 is 9.13 Å². The topological polar surface area (TPSA) is 81.0 Å². The number of nitrogens with two attached hydrogens (primary N) is 1. The van der Waals surface area contributed by atoms with Crippen molar-refractivity contribution in [3.63, 3.8) is 0 Å². The number of nitrogen functional groups attached to an aromatic ring is 1. The summed E-state index contributed by atoms with van der Waals surface area (Å²) in [6, 6.07) is 13.1. The van der Waals surface area contributed by atoms with Crippen molar-refractivity contribution in [3.8, 4) is 16.9 Å². The second-order valence-corrected chi connectivity index (χ2v) is 10.0. The molecule has 2 aromatic heterocycles. The van der Waals surface area contributed by atoms with Crippen LogP contribution in [0, 0.1) is 11.7 Å². The van der Waals surface area contributed by atoms with Crippen LogP contribution in [0.1, 0.15) is 31.4 Å². The maximum atomic E-state index is 13.6. The minimum absolute atomic E-state index is 0.213. The fourth-order valence-corrected chi connectivity index (χ4v) is 5.45. The first-order chi connectivity index (χ1) is 19.0. The number of anilines is 1. The molecule has 4 heterocycles. The van der Waals surface area contributed by atoms with Gasteiger partial charge in [0.15, 0.2) is 0 Å². The molecule has 0 fully saturated rings. The molecular weight excluding hydrogens is 491 g/mol. The van der Waals surface area contributed by atoms with Crippen LogP contribution in [0.15, 0.2) is 89.6 Å². The Kier molecular flexibility index (Phi) is 6.60. The molecule has 0 amide bonds. The van der Waals surface area contributed by atoms with Gasteiger partial charge in [-0.15, -0.1) is 0 Å². The summed E-state index contributed by atoms with van der Waals surface area (Å²) in [5.74, 6) is 1.90. The summed E-state index contributed by atoms with van der Waals surface area (Å²) in [4.78, 5) is 15.9. The van der Waals surface area contributed by atoms with Crippen LogP contribution in [0.25, 0.3) is 16.9 Å². The lowest BCUT2D eigenvalue weighted by Gasteiger charge is -2.32. The highest BCUT2D eigenvalue weighted by molar-refractivity contribution is 6.00. The number of imidazole rings is 1. The molecule has 4 aromatic rings. The number of halogens is 1. The van der Waals surface area contributed by atoms with Crippen molar-refractivity contribution in [3.05, 3.63) is 102 Å². The van der Waals surface area contributed by atoms with E-state index >= 15 is 0 Å². The first-order valence-electron chi connectivity index (χ1n) is 13.3. The van der Waals surface area contributed by atoms with Crippen LogP contribution in [0.4, 0.5) is 10.2 Å². The summed E-state index contributed by atoms with van der Waals surface area (Å²) in [5, 5.41) is 0. The van der Waals surface area contributed by atoms with E-state index in [1.807, 2.05) is 41.2 Å². The van der Waals surface area contributed by atoms with E-state index in [-0.39, 0.29) is 11.7 Å². The van der Waals surface area contributed by atoms with Crippen molar-refractivity contribution in [1.82, 2.24) is 19.3 Å². The second-order valence-electron chi connectivity index (χ2n) is 10.0. The van der Waals surface area contributed by atoms with E-state index in [0.29, 0.717) is 31.2 Å². The van der Waals surface area contributed by atoms with Crippen LogP contribution in [0.5, 0.6) is 5.75 Å². The molecule has 2 aromatic carbocycles. The summed E-state index contributed by atoms with van der Waals surface area (Å²) >= 11 is 0. The largest absolute Gasteiger partial charge is 0.491 e. The molecule has 7 nitrogen and oxygen atoms in total. The SMILES string of the molecule is CCC1C=CN=C(C)C(Cc2ccc(F)cc2)=C1N1CCOc2ccc(-c3cnc4nc(N)cn4c3)cc2C1. The number of nitrogens with zero attached hydrogens (tertiary/aromatic N) is 5. The van der Waals surface area contributed by atoms with Gasteiger partial charge in [0, 0.05) is 60.0 Å².